The van der Waals surface area contributed by atoms with Crippen LogP contribution in [0.15, 0.2) is 0 Å². The van der Waals surface area contributed by atoms with Crippen molar-refractivity contribution in [3.8, 4) is 0 Å². The molecule has 1 saturated carbocycles. The zero-order chi connectivity index (χ0) is 13.8. The first-order chi connectivity index (χ1) is 9.13. The van der Waals surface area contributed by atoms with Crippen molar-refractivity contribution in [3.05, 3.63) is 11.6 Å². The largest absolute Gasteiger partial charge is 0.314 e. The molecule has 0 aromatic carbocycles. The Kier molecular flexibility index (Phi) is 4.97. The number of nitrogens with zero attached hydrogens (tertiary/aromatic N) is 3. The molecule has 4 nitrogen and oxygen atoms in total. The second kappa shape index (κ2) is 6.51. The van der Waals surface area contributed by atoms with Crippen molar-refractivity contribution in [1.29, 1.82) is 0 Å². The lowest BCUT2D eigenvalue weighted by Crippen LogP contribution is -2.40. The lowest BCUT2D eigenvalue weighted by molar-refractivity contribution is 0.203. The molecule has 1 aromatic heterocycles. The Morgan fingerprint density at radius 3 is 2.68 bits per heavy atom. The quantitative estimate of drug-likeness (QED) is 0.889. The maximum atomic E-state index is 4.29. The van der Waals surface area contributed by atoms with Crippen LogP contribution in [-0.2, 0) is 13.1 Å². The van der Waals surface area contributed by atoms with Crippen molar-refractivity contribution in [2.45, 2.75) is 72.5 Å². The molecular formula is C15H28N4. The van der Waals surface area contributed by atoms with Gasteiger partial charge in [0, 0.05) is 12.6 Å². The maximum Gasteiger partial charge on any atom is 0.146 e. The summed E-state index contributed by atoms with van der Waals surface area (Å²) in [5.41, 5.74) is 0. The summed E-state index contributed by atoms with van der Waals surface area (Å²) in [4.78, 5) is 0. The molecule has 1 fully saturated rings. The number of rotatable bonds is 5. The molecule has 1 heterocycles. The van der Waals surface area contributed by atoms with Gasteiger partial charge in [0.25, 0.3) is 0 Å². The number of hydrogen-bond donors (Lipinski definition) is 1. The zero-order valence-electron chi connectivity index (χ0n) is 12.8. The second-order valence-electron chi connectivity index (χ2n) is 6.09. The predicted octanol–water partition coefficient (Wildman–Crippen LogP) is 2.91. The van der Waals surface area contributed by atoms with Gasteiger partial charge in [-0.15, -0.1) is 10.2 Å². The van der Waals surface area contributed by atoms with Gasteiger partial charge in [-0.1, -0.05) is 26.7 Å². The van der Waals surface area contributed by atoms with Crippen LogP contribution in [-0.4, -0.2) is 20.8 Å². The molecular weight excluding hydrogens is 236 g/mol. The van der Waals surface area contributed by atoms with Crippen LogP contribution in [0.3, 0.4) is 0 Å². The van der Waals surface area contributed by atoms with Gasteiger partial charge in [0.2, 0.25) is 0 Å². The van der Waals surface area contributed by atoms with E-state index < -0.39 is 0 Å². The molecule has 4 heteroatoms. The van der Waals surface area contributed by atoms with E-state index in [9.17, 15) is 0 Å². The summed E-state index contributed by atoms with van der Waals surface area (Å²) in [5, 5.41) is 12.2. The summed E-state index contributed by atoms with van der Waals surface area (Å²) in [6.07, 6.45) is 5.43. The van der Waals surface area contributed by atoms with E-state index in [0.29, 0.717) is 6.04 Å². The highest BCUT2D eigenvalue weighted by atomic mass is 15.3. The van der Waals surface area contributed by atoms with Crippen molar-refractivity contribution in [2.75, 3.05) is 0 Å². The molecule has 0 saturated heterocycles. The molecule has 0 aliphatic heterocycles. The molecule has 108 valence electrons. The Morgan fingerprint density at radius 1 is 1.26 bits per heavy atom. The van der Waals surface area contributed by atoms with E-state index in [1.807, 2.05) is 6.92 Å². The highest BCUT2D eigenvalue weighted by Crippen LogP contribution is 2.30. The van der Waals surface area contributed by atoms with Crippen molar-refractivity contribution in [1.82, 2.24) is 20.1 Å². The third kappa shape index (κ3) is 3.35. The lowest BCUT2D eigenvalue weighted by Gasteiger charge is -2.35. The van der Waals surface area contributed by atoms with E-state index in [-0.39, 0.29) is 0 Å². The molecule has 1 aromatic rings. The van der Waals surface area contributed by atoms with Gasteiger partial charge in [-0.3, -0.25) is 0 Å². The van der Waals surface area contributed by atoms with Gasteiger partial charge in [0.1, 0.15) is 11.6 Å². The predicted molar refractivity (Wildman–Crippen MR) is 77.9 cm³/mol. The van der Waals surface area contributed by atoms with E-state index in [0.717, 1.165) is 36.6 Å². The van der Waals surface area contributed by atoms with Crippen molar-refractivity contribution in [3.63, 3.8) is 0 Å². The van der Waals surface area contributed by atoms with Crippen molar-refractivity contribution < 1.29 is 0 Å². The highest BCUT2D eigenvalue weighted by Gasteiger charge is 2.27. The lowest BCUT2D eigenvalue weighted by atomic mass is 9.78. The fraction of sp³-hybridized carbons (Fsp3) is 0.867. The van der Waals surface area contributed by atoms with E-state index in [1.54, 1.807) is 0 Å². The summed E-state index contributed by atoms with van der Waals surface area (Å²) in [5.74, 6) is 3.67. The summed E-state index contributed by atoms with van der Waals surface area (Å²) in [6.45, 7) is 10.7. The zero-order valence-corrected chi connectivity index (χ0v) is 12.8. The number of nitrogens with one attached hydrogen (secondary N) is 1. The third-order valence-electron chi connectivity index (χ3n) is 4.53. The highest BCUT2D eigenvalue weighted by molar-refractivity contribution is 4.94. The summed E-state index contributed by atoms with van der Waals surface area (Å²) < 4.78 is 2.19. The minimum Gasteiger partial charge on any atom is -0.314 e. The van der Waals surface area contributed by atoms with Gasteiger partial charge in [-0.25, -0.2) is 0 Å². The molecule has 2 rings (SSSR count). The average molecular weight is 264 g/mol. The number of hydrogen-bond acceptors (Lipinski definition) is 3. The minimum atomic E-state index is 0.649. The van der Waals surface area contributed by atoms with Crippen LogP contribution in [0.5, 0.6) is 0 Å². The second-order valence-corrected chi connectivity index (χ2v) is 6.09. The molecule has 0 bridgehead atoms. The first-order valence-electron chi connectivity index (χ1n) is 7.75. The van der Waals surface area contributed by atoms with Gasteiger partial charge >= 0.3 is 0 Å². The smallest absolute Gasteiger partial charge is 0.146 e. The Balaban J connectivity index is 1.96. The Morgan fingerprint density at radius 2 is 2.00 bits per heavy atom. The topological polar surface area (TPSA) is 42.7 Å². The van der Waals surface area contributed by atoms with Crippen LogP contribution >= 0.6 is 0 Å². The number of aromatic nitrogens is 3. The normalized spacial score (nSPS) is 24.1. The molecule has 19 heavy (non-hydrogen) atoms. The van der Waals surface area contributed by atoms with E-state index in [4.69, 9.17) is 0 Å². The first-order valence-corrected chi connectivity index (χ1v) is 7.75. The summed E-state index contributed by atoms with van der Waals surface area (Å²) >= 11 is 0. The maximum absolute atomic E-state index is 4.29. The third-order valence-corrected chi connectivity index (χ3v) is 4.53. The van der Waals surface area contributed by atoms with Crippen LogP contribution in [0.2, 0.25) is 0 Å². The van der Waals surface area contributed by atoms with Crippen LogP contribution in [0, 0.1) is 18.8 Å². The monoisotopic (exact) mass is 264 g/mol. The van der Waals surface area contributed by atoms with Gasteiger partial charge in [0.05, 0.1) is 6.54 Å². The van der Waals surface area contributed by atoms with Crippen LogP contribution in [0.25, 0.3) is 0 Å². The van der Waals surface area contributed by atoms with Crippen molar-refractivity contribution in [2.24, 2.45) is 11.8 Å². The molecule has 0 amide bonds. The van der Waals surface area contributed by atoms with Gasteiger partial charge < -0.3 is 9.88 Å². The van der Waals surface area contributed by atoms with E-state index in [2.05, 4.69) is 40.9 Å². The average Bonchev–Trinajstić information content (AvgIpc) is 2.77. The first kappa shape index (κ1) is 14.5. The fourth-order valence-electron chi connectivity index (χ4n) is 3.40. The summed E-state index contributed by atoms with van der Waals surface area (Å²) in [7, 11) is 0. The Hall–Kier alpha value is -0.900. The Labute approximate surface area is 117 Å². The Bertz CT molecular complexity index is 397. The van der Waals surface area contributed by atoms with Crippen LogP contribution in [0.1, 0.15) is 58.1 Å². The molecule has 0 radical (unpaired) electrons. The fourth-order valence-corrected chi connectivity index (χ4v) is 3.40. The molecule has 0 spiro atoms. The molecule has 1 aliphatic rings. The van der Waals surface area contributed by atoms with Crippen LogP contribution in [0.4, 0.5) is 0 Å². The van der Waals surface area contributed by atoms with E-state index in [1.165, 1.54) is 25.7 Å². The van der Waals surface area contributed by atoms with Crippen LogP contribution < -0.4 is 5.32 Å². The molecule has 2 atom stereocenters. The molecule has 1 N–H and O–H groups in total. The standard InChI is InChI=1S/C15H28N4/c1-5-19-12(4)17-18-15(19)10-16-14-9-7-6-8-13(14)11(2)3/h11,13-14,16H,5-10H2,1-4H3/t13-,14-/m0/s1. The van der Waals surface area contributed by atoms with Crippen molar-refractivity contribution >= 4 is 0 Å². The van der Waals surface area contributed by atoms with Gasteiger partial charge in [0.15, 0.2) is 0 Å². The SMILES string of the molecule is CCn1c(C)nnc1CN[C@H]1CCCC[C@H]1C(C)C. The molecule has 1 aliphatic carbocycles. The van der Waals surface area contributed by atoms with Gasteiger partial charge in [-0.2, -0.15) is 0 Å². The number of aryl methyl sites for hydroxylation is 1. The minimum absolute atomic E-state index is 0.649. The summed E-state index contributed by atoms with van der Waals surface area (Å²) in [6, 6.07) is 0.649. The van der Waals surface area contributed by atoms with Gasteiger partial charge in [-0.05, 0) is 38.5 Å². The molecule has 0 unspecified atom stereocenters. The van der Waals surface area contributed by atoms with E-state index >= 15 is 0 Å².